The lowest BCUT2D eigenvalue weighted by Gasteiger charge is -2.20. The van der Waals surface area contributed by atoms with Crippen LogP contribution in [0.3, 0.4) is 0 Å². The molecule has 4 nitrogen and oxygen atoms in total. The molecule has 17 heavy (non-hydrogen) atoms. The van der Waals surface area contributed by atoms with E-state index in [0.29, 0.717) is 11.3 Å². The van der Waals surface area contributed by atoms with Gasteiger partial charge in [-0.05, 0) is 31.0 Å². The van der Waals surface area contributed by atoms with Crippen LogP contribution < -0.4 is 10.6 Å². The van der Waals surface area contributed by atoms with Gasteiger partial charge in [0.05, 0.1) is 18.4 Å². The van der Waals surface area contributed by atoms with Gasteiger partial charge in [0.25, 0.3) is 0 Å². The molecule has 2 N–H and O–H groups in total. The molecule has 0 radical (unpaired) electrons. The predicted molar refractivity (Wildman–Crippen MR) is 70.9 cm³/mol. The summed E-state index contributed by atoms with van der Waals surface area (Å²) >= 11 is 0. The third kappa shape index (κ3) is 2.82. The molecule has 0 saturated carbocycles. The number of nitrogen functional groups attached to an aromatic ring is 1. The summed E-state index contributed by atoms with van der Waals surface area (Å²) in [5.41, 5.74) is 7.77. The molecule has 0 spiro atoms. The second-order valence-electron chi connectivity index (χ2n) is 3.96. The second kappa shape index (κ2) is 5.77. The number of nitrogens with zero attached hydrogens (tertiary/aromatic N) is 1. The molecule has 2 rings (SSSR count). The summed E-state index contributed by atoms with van der Waals surface area (Å²) in [5.74, 6) is -0.325. The first kappa shape index (κ1) is 13.6. The summed E-state index contributed by atoms with van der Waals surface area (Å²) in [6, 6.07) is 5.40. The van der Waals surface area contributed by atoms with Gasteiger partial charge in [-0.25, -0.2) is 4.79 Å². The second-order valence-corrected chi connectivity index (χ2v) is 3.96. The van der Waals surface area contributed by atoms with Gasteiger partial charge in [0.15, 0.2) is 0 Å². The highest BCUT2D eigenvalue weighted by Gasteiger charge is 2.19. The SMILES string of the molecule is COC(=O)c1cc(N)ccc1N1CCCC1.Cl. The highest BCUT2D eigenvalue weighted by atomic mass is 35.5. The minimum absolute atomic E-state index is 0. The van der Waals surface area contributed by atoms with Crippen molar-refractivity contribution in [1.29, 1.82) is 0 Å². The molecule has 94 valence electrons. The highest BCUT2D eigenvalue weighted by molar-refractivity contribution is 5.97. The van der Waals surface area contributed by atoms with Gasteiger partial charge >= 0.3 is 5.97 Å². The molecule has 0 bridgehead atoms. The Labute approximate surface area is 107 Å². The van der Waals surface area contributed by atoms with Crippen molar-refractivity contribution in [2.75, 3.05) is 30.8 Å². The monoisotopic (exact) mass is 256 g/mol. The summed E-state index contributed by atoms with van der Waals surface area (Å²) in [6.45, 7) is 1.99. The van der Waals surface area contributed by atoms with Gasteiger partial charge in [-0.1, -0.05) is 0 Å². The highest BCUT2D eigenvalue weighted by Crippen LogP contribution is 2.26. The van der Waals surface area contributed by atoms with Crippen LogP contribution in [0.1, 0.15) is 23.2 Å². The van der Waals surface area contributed by atoms with Gasteiger partial charge < -0.3 is 15.4 Å². The van der Waals surface area contributed by atoms with E-state index in [1.165, 1.54) is 20.0 Å². The van der Waals surface area contributed by atoms with Crippen LogP contribution in [0.2, 0.25) is 0 Å². The molecule has 1 heterocycles. The third-order valence-corrected chi connectivity index (χ3v) is 2.87. The Kier molecular flexibility index (Phi) is 4.63. The molecule has 1 aliphatic heterocycles. The minimum Gasteiger partial charge on any atom is -0.465 e. The molecule has 1 aliphatic rings. The summed E-state index contributed by atoms with van der Waals surface area (Å²) in [7, 11) is 1.39. The number of nitrogens with two attached hydrogens (primary N) is 1. The average molecular weight is 257 g/mol. The van der Waals surface area contributed by atoms with Gasteiger partial charge in [-0.3, -0.25) is 0 Å². The maximum Gasteiger partial charge on any atom is 0.340 e. The molecule has 1 fully saturated rings. The fraction of sp³-hybridized carbons (Fsp3) is 0.417. The lowest BCUT2D eigenvalue weighted by atomic mass is 10.1. The van der Waals surface area contributed by atoms with E-state index in [1.807, 2.05) is 12.1 Å². The Balaban J connectivity index is 0.00000144. The fourth-order valence-corrected chi connectivity index (χ4v) is 2.06. The number of hydrogen-bond donors (Lipinski definition) is 1. The first-order valence-corrected chi connectivity index (χ1v) is 5.45. The number of esters is 1. The summed E-state index contributed by atoms with van der Waals surface area (Å²) < 4.78 is 4.77. The van der Waals surface area contributed by atoms with E-state index in [2.05, 4.69) is 4.90 Å². The van der Waals surface area contributed by atoms with Crippen LogP contribution in [0.25, 0.3) is 0 Å². The van der Waals surface area contributed by atoms with Gasteiger partial charge in [0, 0.05) is 18.8 Å². The molecule has 0 amide bonds. The van der Waals surface area contributed by atoms with Crippen LogP contribution in [0, 0.1) is 0 Å². The van der Waals surface area contributed by atoms with Crippen LogP contribution in [0.5, 0.6) is 0 Å². The van der Waals surface area contributed by atoms with E-state index in [-0.39, 0.29) is 18.4 Å². The molecule has 0 aliphatic carbocycles. The number of halogens is 1. The third-order valence-electron chi connectivity index (χ3n) is 2.87. The number of hydrogen-bond acceptors (Lipinski definition) is 4. The van der Waals surface area contributed by atoms with Gasteiger partial charge in [0.2, 0.25) is 0 Å². The van der Waals surface area contributed by atoms with Crippen molar-refractivity contribution in [3.63, 3.8) is 0 Å². The molecule has 0 unspecified atom stereocenters. The maximum absolute atomic E-state index is 11.6. The smallest absolute Gasteiger partial charge is 0.340 e. The zero-order valence-corrected chi connectivity index (χ0v) is 10.6. The van der Waals surface area contributed by atoms with E-state index in [1.54, 1.807) is 6.07 Å². The van der Waals surface area contributed by atoms with Crippen LogP contribution in [0.4, 0.5) is 11.4 Å². The first-order valence-electron chi connectivity index (χ1n) is 5.45. The Bertz CT molecular complexity index is 403. The normalized spacial score (nSPS) is 14.3. The molecule has 1 aromatic rings. The van der Waals surface area contributed by atoms with E-state index in [4.69, 9.17) is 10.5 Å². The number of rotatable bonds is 2. The fourth-order valence-electron chi connectivity index (χ4n) is 2.06. The van der Waals surface area contributed by atoms with Crippen LogP contribution in [-0.4, -0.2) is 26.2 Å². The Morgan fingerprint density at radius 2 is 2.00 bits per heavy atom. The summed E-state index contributed by atoms with van der Waals surface area (Å²) in [4.78, 5) is 13.8. The Morgan fingerprint density at radius 3 is 2.59 bits per heavy atom. The molecule has 5 heteroatoms. The van der Waals surface area contributed by atoms with Crippen molar-refractivity contribution in [3.05, 3.63) is 23.8 Å². The number of benzene rings is 1. The number of anilines is 2. The van der Waals surface area contributed by atoms with Crippen LogP contribution >= 0.6 is 12.4 Å². The molecule has 1 saturated heterocycles. The number of ether oxygens (including phenoxy) is 1. The van der Waals surface area contributed by atoms with Crippen LogP contribution in [-0.2, 0) is 4.74 Å². The zero-order valence-electron chi connectivity index (χ0n) is 9.81. The lowest BCUT2D eigenvalue weighted by Crippen LogP contribution is -2.21. The molecular weight excluding hydrogens is 240 g/mol. The van der Waals surface area contributed by atoms with Crippen molar-refractivity contribution < 1.29 is 9.53 Å². The first-order chi connectivity index (χ1) is 7.72. The Morgan fingerprint density at radius 1 is 1.35 bits per heavy atom. The molecule has 0 atom stereocenters. The van der Waals surface area contributed by atoms with E-state index in [9.17, 15) is 4.79 Å². The van der Waals surface area contributed by atoms with Crippen molar-refractivity contribution >= 4 is 29.8 Å². The molecule has 1 aromatic carbocycles. The van der Waals surface area contributed by atoms with Crippen LogP contribution in [0.15, 0.2) is 18.2 Å². The lowest BCUT2D eigenvalue weighted by molar-refractivity contribution is 0.0601. The average Bonchev–Trinajstić information content (AvgIpc) is 2.81. The predicted octanol–water partition coefficient (Wildman–Crippen LogP) is 2.08. The Hall–Kier alpha value is -1.42. The number of methoxy groups -OCH3 is 1. The van der Waals surface area contributed by atoms with Gasteiger partial charge in [-0.15, -0.1) is 12.4 Å². The van der Waals surface area contributed by atoms with Crippen molar-refractivity contribution in [2.45, 2.75) is 12.8 Å². The van der Waals surface area contributed by atoms with Gasteiger partial charge in [-0.2, -0.15) is 0 Å². The van der Waals surface area contributed by atoms with E-state index in [0.717, 1.165) is 18.8 Å². The van der Waals surface area contributed by atoms with Gasteiger partial charge in [0.1, 0.15) is 0 Å². The van der Waals surface area contributed by atoms with Crippen molar-refractivity contribution in [1.82, 2.24) is 0 Å². The molecular formula is C12H17ClN2O2. The summed E-state index contributed by atoms with van der Waals surface area (Å²) in [6.07, 6.45) is 2.34. The van der Waals surface area contributed by atoms with E-state index >= 15 is 0 Å². The zero-order chi connectivity index (χ0) is 11.5. The standard InChI is InChI=1S/C12H16N2O2.ClH/c1-16-12(15)10-8-9(13)4-5-11(10)14-6-2-3-7-14;/h4-5,8H,2-3,6-7,13H2,1H3;1H. The minimum atomic E-state index is -0.325. The van der Waals surface area contributed by atoms with Crippen molar-refractivity contribution in [3.8, 4) is 0 Å². The molecule has 0 aromatic heterocycles. The maximum atomic E-state index is 11.6. The largest absolute Gasteiger partial charge is 0.465 e. The summed E-state index contributed by atoms with van der Waals surface area (Å²) in [5, 5.41) is 0. The number of carbonyl (C=O) groups excluding carboxylic acids is 1. The van der Waals surface area contributed by atoms with E-state index < -0.39 is 0 Å². The topological polar surface area (TPSA) is 55.6 Å². The quantitative estimate of drug-likeness (QED) is 0.650. The number of carbonyl (C=O) groups is 1. The van der Waals surface area contributed by atoms with Crippen molar-refractivity contribution in [2.24, 2.45) is 0 Å².